The standard InChI is InChI=1S/C31H32NO.HI/c1-24(25(2)33)32(3,22-10-18-28-16-8-14-26-12-4-6-20-30(26)28)23-11-19-29-17-9-15-27-13-5-7-21-31(27)29;/h4-21,24H,22-23H2,1-3H3;1H/q+1;/p-1/b18-10+,19-11+;. The van der Waals surface area contributed by atoms with Crippen LogP contribution in [0.2, 0.25) is 0 Å². The molecule has 0 spiro atoms. The molecule has 34 heavy (non-hydrogen) atoms. The second-order valence-corrected chi connectivity index (χ2v) is 9.07. The molecule has 0 saturated heterocycles. The van der Waals surface area contributed by atoms with Crippen molar-refractivity contribution in [2.45, 2.75) is 19.9 Å². The van der Waals surface area contributed by atoms with Crippen molar-refractivity contribution in [3.63, 3.8) is 0 Å². The predicted octanol–water partition coefficient (Wildman–Crippen LogP) is 4.15. The minimum Gasteiger partial charge on any atom is -1.00 e. The highest BCUT2D eigenvalue weighted by molar-refractivity contribution is 5.91. The molecule has 1 unspecified atom stereocenters. The van der Waals surface area contributed by atoms with Gasteiger partial charge in [0.05, 0.1) is 20.1 Å². The molecule has 4 rings (SSSR count). The Balaban J connectivity index is 0.00000324. The lowest BCUT2D eigenvalue weighted by Gasteiger charge is -2.37. The van der Waals surface area contributed by atoms with Crippen LogP contribution in [-0.4, -0.2) is 36.4 Å². The molecule has 0 radical (unpaired) electrons. The van der Waals surface area contributed by atoms with Crippen molar-refractivity contribution in [3.05, 3.63) is 108 Å². The van der Waals surface area contributed by atoms with Crippen LogP contribution in [0.4, 0.5) is 0 Å². The molecule has 4 aromatic carbocycles. The normalized spacial score (nSPS) is 12.9. The van der Waals surface area contributed by atoms with Gasteiger partial charge >= 0.3 is 0 Å². The molecule has 1 atom stereocenters. The number of hydrogen-bond acceptors (Lipinski definition) is 1. The maximum atomic E-state index is 12.3. The molecule has 2 nitrogen and oxygen atoms in total. The third-order valence-corrected chi connectivity index (χ3v) is 6.81. The van der Waals surface area contributed by atoms with E-state index >= 15 is 0 Å². The lowest BCUT2D eigenvalue weighted by molar-refractivity contribution is -0.911. The number of fused-ring (bicyclic) bond motifs is 2. The van der Waals surface area contributed by atoms with Crippen molar-refractivity contribution >= 4 is 39.5 Å². The van der Waals surface area contributed by atoms with Crippen molar-refractivity contribution in [1.82, 2.24) is 0 Å². The van der Waals surface area contributed by atoms with Gasteiger partial charge in [0.15, 0.2) is 5.78 Å². The first-order chi connectivity index (χ1) is 16.0. The van der Waals surface area contributed by atoms with Crippen molar-refractivity contribution in [1.29, 1.82) is 0 Å². The summed E-state index contributed by atoms with van der Waals surface area (Å²) < 4.78 is 0.637. The predicted molar refractivity (Wildman–Crippen MR) is 142 cm³/mol. The van der Waals surface area contributed by atoms with Crippen LogP contribution in [0.1, 0.15) is 25.0 Å². The molecule has 0 aliphatic heterocycles. The summed E-state index contributed by atoms with van der Waals surface area (Å²) in [6.45, 7) is 5.30. The molecule has 0 heterocycles. The highest BCUT2D eigenvalue weighted by atomic mass is 127. The van der Waals surface area contributed by atoms with Gasteiger partial charge < -0.3 is 28.5 Å². The molecule has 0 aliphatic carbocycles. The third-order valence-electron chi connectivity index (χ3n) is 6.81. The first-order valence-corrected chi connectivity index (χ1v) is 11.6. The fourth-order valence-corrected chi connectivity index (χ4v) is 4.46. The second kappa shape index (κ2) is 11.6. The number of likely N-dealkylation sites (N-methyl/N-ethyl adjacent to an activating group) is 1. The van der Waals surface area contributed by atoms with Crippen LogP contribution in [0.15, 0.2) is 97.1 Å². The minimum absolute atomic E-state index is 0. The minimum atomic E-state index is -0.0839. The van der Waals surface area contributed by atoms with Crippen LogP contribution in [0.5, 0.6) is 0 Å². The molecule has 0 amide bonds. The lowest BCUT2D eigenvalue weighted by Crippen LogP contribution is -3.00. The van der Waals surface area contributed by atoms with Gasteiger partial charge in [0.2, 0.25) is 0 Å². The molecular formula is C31H32INO. The first-order valence-electron chi connectivity index (χ1n) is 11.6. The highest BCUT2D eigenvalue weighted by Gasteiger charge is 2.30. The summed E-state index contributed by atoms with van der Waals surface area (Å²) in [5.74, 6) is 0.217. The van der Waals surface area contributed by atoms with Gasteiger partial charge in [-0.3, -0.25) is 4.79 Å². The van der Waals surface area contributed by atoms with E-state index in [9.17, 15) is 4.79 Å². The van der Waals surface area contributed by atoms with Crippen LogP contribution in [0.25, 0.3) is 33.7 Å². The van der Waals surface area contributed by atoms with Crippen molar-refractivity contribution in [2.24, 2.45) is 0 Å². The summed E-state index contributed by atoms with van der Waals surface area (Å²) in [4.78, 5) is 12.3. The molecule has 0 fully saturated rings. The zero-order valence-corrected chi connectivity index (χ0v) is 22.3. The van der Waals surface area contributed by atoms with Gasteiger partial charge in [0.25, 0.3) is 0 Å². The summed E-state index contributed by atoms with van der Waals surface area (Å²) in [6.07, 6.45) is 8.82. The Morgan fingerprint density at radius 3 is 1.59 bits per heavy atom. The van der Waals surface area contributed by atoms with E-state index in [1.807, 2.05) is 6.92 Å². The van der Waals surface area contributed by atoms with Gasteiger partial charge in [-0.15, -0.1) is 0 Å². The number of carbonyl (C=O) groups is 1. The number of quaternary nitrogens is 1. The maximum absolute atomic E-state index is 12.3. The van der Waals surface area contributed by atoms with Gasteiger partial charge in [0.1, 0.15) is 6.04 Å². The van der Waals surface area contributed by atoms with Crippen LogP contribution < -0.4 is 24.0 Å². The van der Waals surface area contributed by atoms with Gasteiger partial charge in [-0.1, -0.05) is 97.1 Å². The van der Waals surface area contributed by atoms with Crippen LogP contribution in [0.3, 0.4) is 0 Å². The number of hydrogen-bond donors (Lipinski definition) is 0. The monoisotopic (exact) mass is 561 g/mol. The topological polar surface area (TPSA) is 17.1 Å². The zero-order valence-electron chi connectivity index (χ0n) is 20.1. The van der Waals surface area contributed by atoms with Gasteiger partial charge in [-0.25, -0.2) is 0 Å². The van der Waals surface area contributed by atoms with E-state index in [-0.39, 0.29) is 35.8 Å². The molecule has 0 saturated carbocycles. The first kappa shape index (κ1) is 25.9. The number of carbonyl (C=O) groups excluding carboxylic acids is 1. The Morgan fingerprint density at radius 2 is 1.15 bits per heavy atom. The molecule has 3 heteroatoms. The van der Waals surface area contributed by atoms with Gasteiger partial charge in [-0.2, -0.15) is 0 Å². The van der Waals surface area contributed by atoms with E-state index in [1.54, 1.807) is 6.92 Å². The van der Waals surface area contributed by atoms with Crippen LogP contribution in [-0.2, 0) is 4.79 Å². The van der Waals surface area contributed by atoms with Crippen molar-refractivity contribution in [2.75, 3.05) is 20.1 Å². The lowest BCUT2D eigenvalue weighted by atomic mass is 10.0. The Bertz CT molecular complexity index is 1240. The fourth-order valence-electron chi connectivity index (χ4n) is 4.46. The molecule has 0 aliphatic rings. The van der Waals surface area contributed by atoms with E-state index in [0.717, 1.165) is 13.1 Å². The second-order valence-electron chi connectivity index (χ2n) is 9.07. The molecule has 4 aromatic rings. The number of nitrogens with zero attached hydrogens (tertiary/aromatic N) is 1. The molecule has 0 N–H and O–H groups in total. The van der Waals surface area contributed by atoms with E-state index in [2.05, 4.69) is 116 Å². The summed E-state index contributed by atoms with van der Waals surface area (Å²) in [5.41, 5.74) is 2.42. The zero-order chi connectivity index (χ0) is 23.3. The summed E-state index contributed by atoms with van der Waals surface area (Å²) in [7, 11) is 2.17. The fraction of sp³-hybridized carbons (Fsp3) is 0.194. The Morgan fingerprint density at radius 1 is 0.735 bits per heavy atom. The quantitative estimate of drug-likeness (QED) is 0.234. The molecule has 174 valence electrons. The number of rotatable bonds is 8. The largest absolute Gasteiger partial charge is 1.00 e. The van der Waals surface area contributed by atoms with E-state index in [0.29, 0.717) is 4.48 Å². The van der Waals surface area contributed by atoms with Crippen LogP contribution >= 0.6 is 0 Å². The van der Waals surface area contributed by atoms with Crippen molar-refractivity contribution < 1.29 is 33.3 Å². The van der Waals surface area contributed by atoms with Gasteiger partial charge in [-0.05, 0) is 51.7 Å². The number of ketones is 1. The maximum Gasteiger partial charge on any atom is 0.186 e. The van der Waals surface area contributed by atoms with Gasteiger partial charge in [0, 0.05) is 6.92 Å². The smallest absolute Gasteiger partial charge is 0.186 e. The SMILES string of the molecule is CC(=O)C(C)[N+](C)(C/C=C/c1cccc2ccccc12)C/C=C/c1cccc2ccccc12.[I-]. The average molecular weight is 562 g/mol. The number of halogens is 1. The number of Topliss-reactive ketones (excluding diaryl/α,β-unsaturated/α-hetero) is 1. The van der Waals surface area contributed by atoms with Crippen LogP contribution in [0, 0.1) is 0 Å². The summed E-state index contributed by atoms with van der Waals surface area (Å²) in [5, 5.41) is 4.99. The average Bonchev–Trinajstić information content (AvgIpc) is 2.84. The van der Waals surface area contributed by atoms with Crippen molar-refractivity contribution in [3.8, 4) is 0 Å². The Kier molecular flexibility index (Phi) is 8.81. The summed E-state index contributed by atoms with van der Waals surface area (Å²) in [6, 6.07) is 29.6. The molecular weight excluding hydrogens is 529 g/mol. The number of benzene rings is 4. The van der Waals surface area contributed by atoms with E-state index in [1.165, 1.54) is 32.7 Å². The Labute approximate surface area is 220 Å². The van der Waals surface area contributed by atoms with E-state index in [4.69, 9.17) is 0 Å². The van der Waals surface area contributed by atoms with E-state index < -0.39 is 0 Å². The molecule has 0 bridgehead atoms. The highest BCUT2D eigenvalue weighted by Crippen LogP contribution is 2.22. The Hall–Kier alpha value is -2.76. The third kappa shape index (κ3) is 5.83. The molecule has 0 aromatic heterocycles. The summed E-state index contributed by atoms with van der Waals surface area (Å²) >= 11 is 0.